The number of hydrogen-bond donors (Lipinski definition) is 1. The van der Waals surface area contributed by atoms with Gasteiger partial charge in [-0.3, -0.25) is 0 Å². The molecule has 0 amide bonds. The molecule has 138 valence electrons. The molecule has 25 heavy (non-hydrogen) atoms. The lowest BCUT2D eigenvalue weighted by Gasteiger charge is -2.32. The van der Waals surface area contributed by atoms with Crippen LogP contribution in [0.2, 0.25) is 0 Å². The second kappa shape index (κ2) is 7.25. The Labute approximate surface area is 150 Å². The maximum absolute atomic E-state index is 12.6. The molecule has 3 fully saturated rings. The van der Waals surface area contributed by atoms with Gasteiger partial charge in [-0.05, 0) is 88.7 Å². The molecular weight excluding hydrogens is 336 g/mol. The van der Waals surface area contributed by atoms with Crippen molar-refractivity contribution in [1.82, 2.24) is 9.62 Å². The van der Waals surface area contributed by atoms with Crippen LogP contribution in [0.4, 0.5) is 0 Å². The molecule has 1 heterocycles. The van der Waals surface area contributed by atoms with Gasteiger partial charge in [0.2, 0.25) is 10.0 Å². The summed E-state index contributed by atoms with van der Waals surface area (Å²) in [4.78, 5) is 2.83. The molecule has 0 bridgehead atoms. The Bertz CT molecular complexity index is 671. The van der Waals surface area contributed by atoms with Gasteiger partial charge in [0.05, 0.1) is 11.0 Å². The zero-order valence-corrected chi connectivity index (χ0v) is 15.5. The highest BCUT2D eigenvalue weighted by molar-refractivity contribution is 7.89. The smallest absolute Gasteiger partial charge is 0.240 e. The number of benzene rings is 1. The number of nitrogens with one attached hydrogen (secondary N) is 1. The first-order valence-electron chi connectivity index (χ1n) is 9.63. The van der Waals surface area contributed by atoms with Crippen LogP contribution in [0.3, 0.4) is 0 Å². The van der Waals surface area contributed by atoms with Gasteiger partial charge in [0.25, 0.3) is 0 Å². The van der Waals surface area contributed by atoms with E-state index in [1.54, 1.807) is 24.3 Å². The van der Waals surface area contributed by atoms with E-state index >= 15 is 0 Å². The third-order valence-corrected chi connectivity index (χ3v) is 7.19. The van der Waals surface area contributed by atoms with Crippen LogP contribution in [0, 0.1) is 0 Å². The molecule has 1 aromatic carbocycles. The Hall–Kier alpha value is -1.11. The van der Waals surface area contributed by atoms with Crippen LogP contribution >= 0.6 is 0 Å². The highest BCUT2D eigenvalue weighted by Gasteiger charge is 2.33. The van der Waals surface area contributed by atoms with Crippen LogP contribution in [0.15, 0.2) is 29.2 Å². The van der Waals surface area contributed by atoms with Crippen molar-refractivity contribution in [3.05, 3.63) is 24.3 Å². The number of nitrogens with zero attached hydrogens (tertiary/aromatic N) is 1. The summed E-state index contributed by atoms with van der Waals surface area (Å²) in [6.07, 6.45) is 9.36. The van der Waals surface area contributed by atoms with Gasteiger partial charge in [0.15, 0.2) is 0 Å². The Morgan fingerprint density at radius 3 is 2.16 bits per heavy atom. The van der Waals surface area contributed by atoms with Gasteiger partial charge in [-0.15, -0.1) is 0 Å². The first kappa shape index (κ1) is 17.3. The van der Waals surface area contributed by atoms with E-state index in [0.29, 0.717) is 4.90 Å². The second-order valence-electron chi connectivity index (χ2n) is 7.66. The molecule has 1 aliphatic heterocycles. The molecule has 4 rings (SSSR count). The fourth-order valence-corrected chi connectivity index (χ4v) is 5.31. The molecule has 2 saturated carbocycles. The van der Waals surface area contributed by atoms with Crippen molar-refractivity contribution in [1.29, 1.82) is 0 Å². The van der Waals surface area contributed by atoms with Crippen LogP contribution in [-0.4, -0.2) is 44.6 Å². The molecule has 3 aliphatic rings. The SMILES string of the molecule is O=S(=O)(NC1CCN(C2CC2)CC1)c1ccc(OC2CCCC2)cc1. The summed E-state index contributed by atoms with van der Waals surface area (Å²) in [6, 6.07) is 7.70. The first-order chi connectivity index (χ1) is 12.1. The standard InChI is InChI=1S/C19H28N2O3S/c22-25(23,20-15-11-13-21(14-12-15)16-5-6-16)19-9-7-18(8-10-19)24-17-3-1-2-4-17/h7-10,15-17,20H,1-6,11-14H2. The third kappa shape index (κ3) is 4.36. The van der Waals surface area contributed by atoms with E-state index in [-0.39, 0.29) is 12.1 Å². The lowest BCUT2D eigenvalue weighted by Crippen LogP contribution is -2.45. The normalized spacial score (nSPS) is 23.8. The fraction of sp³-hybridized carbons (Fsp3) is 0.684. The van der Waals surface area contributed by atoms with Gasteiger partial charge in [-0.25, -0.2) is 13.1 Å². The summed E-state index contributed by atoms with van der Waals surface area (Å²) in [5, 5.41) is 0. The summed E-state index contributed by atoms with van der Waals surface area (Å²) in [7, 11) is -3.45. The monoisotopic (exact) mass is 364 g/mol. The van der Waals surface area contributed by atoms with Crippen molar-refractivity contribution >= 4 is 10.0 Å². The maximum Gasteiger partial charge on any atom is 0.240 e. The van der Waals surface area contributed by atoms with Gasteiger partial charge in [-0.2, -0.15) is 0 Å². The predicted octanol–water partition coefficient (Wildman–Crippen LogP) is 2.91. The average Bonchev–Trinajstić information content (AvgIpc) is 3.33. The van der Waals surface area contributed by atoms with Crippen molar-refractivity contribution in [2.75, 3.05) is 13.1 Å². The maximum atomic E-state index is 12.6. The van der Waals surface area contributed by atoms with E-state index in [9.17, 15) is 8.42 Å². The van der Waals surface area contributed by atoms with Crippen LogP contribution in [0.1, 0.15) is 51.4 Å². The summed E-state index contributed by atoms with van der Waals surface area (Å²) < 4.78 is 34.0. The third-order valence-electron chi connectivity index (χ3n) is 5.65. The molecule has 0 spiro atoms. The van der Waals surface area contributed by atoms with E-state index in [1.807, 2.05) is 0 Å². The molecular formula is C19H28N2O3S. The number of likely N-dealkylation sites (tertiary alicyclic amines) is 1. The summed E-state index contributed by atoms with van der Waals surface area (Å²) in [5.74, 6) is 0.767. The number of sulfonamides is 1. The van der Waals surface area contributed by atoms with Crippen LogP contribution in [-0.2, 0) is 10.0 Å². The Morgan fingerprint density at radius 1 is 0.920 bits per heavy atom. The van der Waals surface area contributed by atoms with Gasteiger partial charge < -0.3 is 9.64 Å². The van der Waals surface area contributed by atoms with Crippen molar-refractivity contribution < 1.29 is 13.2 Å². The van der Waals surface area contributed by atoms with Crippen molar-refractivity contribution in [3.63, 3.8) is 0 Å². The molecule has 0 aromatic heterocycles. The number of rotatable bonds is 6. The van der Waals surface area contributed by atoms with Gasteiger partial charge in [0, 0.05) is 12.1 Å². The summed E-state index contributed by atoms with van der Waals surface area (Å²) in [5.41, 5.74) is 0. The largest absolute Gasteiger partial charge is 0.490 e. The van der Waals surface area contributed by atoms with Gasteiger partial charge >= 0.3 is 0 Å². The quantitative estimate of drug-likeness (QED) is 0.843. The van der Waals surface area contributed by atoms with Gasteiger partial charge in [0.1, 0.15) is 5.75 Å². The summed E-state index contributed by atoms with van der Waals surface area (Å²) in [6.45, 7) is 2.01. The Kier molecular flexibility index (Phi) is 5.02. The highest BCUT2D eigenvalue weighted by Crippen LogP contribution is 2.30. The zero-order valence-electron chi connectivity index (χ0n) is 14.7. The minimum atomic E-state index is -3.45. The highest BCUT2D eigenvalue weighted by atomic mass is 32.2. The van der Waals surface area contributed by atoms with Gasteiger partial charge in [-0.1, -0.05) is 0 Å². The van der Waals surface area contributed by atoms with Crippen molar-refractivity contribution in [2.45, 2.75) is 74.4 Å². The van der Waals surface area contributed by atoms with Crippen molar-refractivity contribution in [2.24, 2.45) is 0 Å². The van der Waals surface area contributed by atoms with Crippen LogP contribution in [0.5, 0.6) is 5.75 Å². The molecule has 2 aliphatic carbocycles. The van der Waals surface area contributed by atoms with E-state index in [1.165, 1.54) is 25.7 Å². The number of hydrogen-bond acceptors (Lipinski definition) is 4. The lowest BCUT2D eigenvalue weighted by molar-refractivity contribution is 0.199. The minimum Gasteiger partial charge on any atom is -0.490 e. The van der Waals surface area contributed by atoms with Crippen LogP contribution < -0.4 is 9.46 Å². The van der Waals surface area contributed by atoms with E-state index in [4.69, 9.17) is 4.74 Å². The molecule has 6 heteroatoms. The molecule has 1 saturated heterocycles. The molecule has 0 radical (unpaired) electrons. The van der Waals surface area contributed by atoms with Crippen molar-refractivity contribution in [3.8, 4) is 5.75 Å². The number of ether oxygens (including phenoxy) is 1. The topological polar surface area (TPSA) is 58.6 Å². The lowest BCUT2D eigenvalue weighted by atomic mass is 10.1. The molecule has 5 nitrogen and oxygen atoms in total. The summed E-state index contributed by atoms with van der Waals surface area (Å²) >= 11 is 0. The Balaban J connectivity index is 1.33. The average molecular weight is 365 g/mol. The number of piperidine rings is 1. The predicted molar refractivity (Wildman–Crippen MR) is 97.3 cm³/mol. The zero-order chi connectivity index (χ0) is 17.3. The first-order valence-corrected chi connectivity index (χ1v) is 11.1. The second-order valence-corrected chi connectivity index (χ2v) is 9.37. The van der Waals surface area contributed by atoms with Crippen LogP contribution in [0.25, 0.3) is 0 Å². The molecule has 1 aromatic rings. The van der Waals surface area contributed by atoms with E-state index < -0.39 is 10.0 Å². The van der Waals surface area contributed by atoms with E-state index in [2.05, 4.69) is 9.62 Å². The van der Waals surface area contributed by atoms with E-state index in [0.717, 1.165) is 50.6 Å². The minimum absolute atomic E-state index is 0.0504. The molecule has 0 unspecified atom stereocenters. The fourth-order valence-electron chi connectivity index (χ4n) is 4.01. The molecule has 1 N–H and O–H groups in total. The Morgan fingerprint density at radius 2 is 1.56 bits per heavy atom. The molecule has 0 atom stereocenters.